The number of hydrogen-bond acceptors (Lipinski definition) is 7. The van der Waals surface area contributed by atoms with Gasteiger partial charge in [-0.15, -0.1) is 0 Å². The van der Waals surface area contributed by atoms with Crippen LogP contribution in [-0.2, 0) is 22.4 Å². The van der Waals surface area contributed by atoms with Crippen LogP contribution in [0.15, 0.2) is 0 Å². The van der Waals surface area contributed by atoms with E-state index in [1.54, 1.807) is 4.90 Å². The van der Waals surface area contributed by atoms with Crippen molar-refractivity contribution in [3.8, 4) is 0 Å². The van der Waals surface area contributed by atoms with Crippen molar-refractivity contribution in [2.24, 2.45) is 11.3 Å². The van der Waals surface area contributed by atoms with Gasteiger partial charge in [0.05, 0.1) is 12.1 Å². The molecule has 1 atom stereocenters. The highest BCUT2D eigenvalue weighted by atomic mass is 16.6. The maximum Gasteiger partial charge on any atom is 0.410 e. The highest BCUT2D eigenvalue weighted by Crippen LogP contribution is 2.41. The minimum Gasteiger partial charge on any atom is -0.481 e. The van der Waals surface area contributed by atoms with E-state index >= 15 is 0 Å². The van der Waals surface area contributed by atoms with Crippen molar-refractivity contribution >= 4 is 23.8 Å². The van der Waals surface area contributed by atoms with Gasteiger partial charge >= 0.3 is 12.1 Å². The third kappa shape index (κ3) is 6.16. The maximum atomic E-state index is 12.4. The second-order valence-corrected chi connectivity index (χ2v) is 12.1. The Morgan fingerprint density at radius 1 is 1.14 bits per heavy atom. The molecule has 0 bridgehead atoms. The minimum absolute atomic E-state index is 0.0627. The molecule has 2 aliphatic heterocycles. The number of aliphatic carboxylic acids is 1. The second-order valence-electron chi connectivity index (χ2n) is 12.1. The number of aryl methyl sites for hydroxylation is 1. The molecule has 2 fully saturated rings. The average Bonchev–Trinajstić information content (AvgIpc) is 3.16. The standard InChI is InChI=1S/C26H41N5O4/c1-17(2)12-18(13-21(32)33)27-22-19-8-6-7-9-20(19)28-23(29-22)30-11-10-26(14-30)15-31(16-26)24(34)35-25(3,4)5/h17-18H,6-16H2,1-5H3,(H,32,33)(H,27,28,29). The molecule has 1 aromatic heterocycles. The maximum absolute atomic E-state index is 12.4. The van der Waals surface area contributed by atoms with Crippen LogP contribution in [0.3, 0.4) is 0 Å². The molecule has 4 rings (SSSR count). The number of amides is 1. The molecule has 2 saturated heterocycles. The Balaban J connectivity index is 1.49. The summed E-state index contributed by atoms with van der Waals surface area (Å²) < 4.78 is 5.52. The Hall–Kier alpha value is -2.58. The number of nitrogens with zero attached hydrogens (tertiary/aromatic N) is 4. The molecule has 35 heavy (non-hydrogen) atoms. The summed E-state index contributed by atoms with van der Waals surface area (Å²) in [6, 6.07) is -0.166. The van der Waals surface area contributed by atoms with Crippen LogP contribution in [0.5, 0.6) is 0 Å². The molecular weight excluding hydrogens is 446 g/mol. The van der Waals surface area contributed by atoms with Crippen molar-refractivity contribution in [1.82, 2.24) is 14.9 Å². The van der Waals surface area contributed by atoms with Gasteiger partial charge in [-0.2, -0.15) is 4.98 Å². The van der Waals surface area contributed by atoms with Gasteiger partial charge in [-0.3, -0.25) is 4.79 Å². The summed E-state index contributed by atoms with van der Waals surface area (Å²) in [4.78, 5) is 37.8. The van der Waals surface area contributed by atoms with Gasteiger partial charge in [0.25, 0.3) is 0 Å². The Labute approximate surface area is 208 Å². The number of ether oxygens (including phenoxy) is 1. The summed E-state index contributed by atoms with van der Waals surface area (Å²) >= 11 is 0. The van der Waals surface area contributed by atoms with Gasteiger partial charge in [-0.05, 0) is 65.2 Å². The first kappa shape index (κ1) is 25.5. The number of likely N-dealkylation sites (tertiary alicyclic amines) is 1. The lowest BCUT2D eigenvalue weighted by Gasteiger charge is -2.47. The molecule has 1 spiro atoms. The lowest BCUT2D eigenvalue weighted by molar-refractivity contribution is -0.137. The number of hydrogen-bond donors (Lipinski definition) is 2. The second kappa shape index (κ2) is 9.82. The fraction of sp³-hybridized carbons (Fsp3) is 0.769. The van der Waals surface area contributed by atoms with Gasteiger partial charge in [0.1, 0.15) is 11.4 Å². The Bertz CT molecular complexity index is 952. The van der Waals surface area contributed by atoms with E-state index in [1.807, 2.05) is 20.8 Å². The molecule has 1 aromatic rings. The van der Waals surface area contributed by atoms with Crippen molar-refractivity contribution in [3.63, 3.8) is 0 Å². The van der Waals surface area contributed by atoms with Gasteiger partial charge < -0.3 is 25.0 Å². The quantitative estimate of drug-likeness (QED) is 0.592. The van der Waals surface area contributed by atoms with Crippen LogP contribution in [0.25, 0.3) is 0 Å². The number of carbonyl (C=O) groups is 2. The topological polar surface area (TPSA) is 108 Å². The Morgan fingerprint density at radius 3 is 2.51 bits per heavy atom. The van der Waals surface area contributed by atoms with Gasteiger partial charge in [0.2, 0.25) is 5.95 Å². The largest absolute Gasteiger partial charge is 0.481 e. The van der Waals surface area contributed by atoms with Crippen LogP contribution in [0.1, 0.15) is 78.0 Å². The lowest BCUT2D eigenvalue weighted by Crippen LogP contribution is -2.60. The number of aromatic nitrogens is 2. The van der Waals surface area contributed by atoms with Crippen LogP contribution < -0.4 is 10.2 Å². The van der Waals surface area contributed by atoms with E-state index in [0.29, 0.717) is 19.0 Å². The van der Waals surface area contributed by atoms with Crippen LogP contribution in [0.4, 0.5) is 16.6 Å². The van der Waals surface area contributed by atoms with Crippen molar-refractivity contribution < 1.29 is 19.4 Å². The molecule has 0 saturated carbocycles. The summed E-state index contributed by atoms with van der Waals surface area (Å²) in [6.07, 6.45) is 5.66. The van der Waals surface area contributed by atoms with Crippen LogP contribution >= 0.6 is 0 Å². The molecule has 0 radical (unpaired) electrons. The van der Waals surface area contributed by atoms with E-state index in [-0.39, 0.29) is 24.0 Å². The predicted octanol–water partition coefficient (Wildman–Crippen LogP) is 4.10. The summed E-state index contributed by atoms with van der Waals surface area (Å²) in [5.41, 5.74) is 1.81. The SMILES string of the molecule is CC(C)CC(CC(=O)O)Nc1nc(N2CCC3(CN(C(=O)OC(C)(C)C)C3)C2)nc2c1CCCC2. The third-order valence-corrected chi connectivity index (χ3v) is 7.11. The first-order valence-electron chi connectivity index (χ1n) is 13.0. The van der Waals surface area contributed by atoms with Crippen LogP contribution in [0.2, 0.25) is 0 Å². The number of fused-ring (bicyclic) bond motifs is 1. The number of rotatable bonds is 7. The van der Waals surface area contributed by atoms with Gasteiger partial charge in [0.15, 0.2) is 0 Å². The zero-order valence-corrected chi connectivity index (χ0v) is 21.9. The molecule has 3 aliphatic rings. The third-order valence-electron chi connectivity index (χ3n) is 7.11. The first-order chi connectivity index (χ1) is 16.4. The van der Waals surface area contributed by atoms with Crippen molar-refractivity contribution in [3.05, 3.63) is 11.3 Å². The molecule has 2 N–H and O–H groups in total. The minimum atomic E-state index is -0.799. The van der Waals surface area contributed by atoms with E-state index in [9.17, 15) is 14.7 Å². The number of carboxylic acid groups (broad SMARTS) is 1. The first-order valence-corrected chi connectivity index (χ1v) is 13.0. The van der Waals surface area contributed by atoms with Gasteiger partial charge in [-0.25, -0.2) is 9.78 Å². The summed E-state index contributed by atoms with van der Waals surface area (Å²) in [6.45, 7) is 12.9. The average molecular weight is 488 g/mol. The van der Waals surface area contributed by atoms with Crippen LogP contribution in [0, 0.1) is 11.3 Å². The van der Waals surface area contributed by atoms with Crippen molar-refractivity contribution in [1.29, 1.82) is 0 Å². The molecule has 0 aromatic carbocycles. The smallest absolute Gasteiger partial charge is 0.410 e. The van der Waals surface area contributed by atoms with Gasteiger partial charge in [-0.1, -0.05) is 13.8 Å². The molecule has 1 aliphatic carbocycles. The summed E-state index contributed by atoms with van der Waals surface area (Å²) in [5.74, 6) is 1.11. The Morgan fingerprint density at radius 2 is 1.86 bits per heavy atom. The van der Waals surface area contributed by atoms with Crippen LogP contribution in [-0.4, -0.2) is 69.9 Å². The van der Waals surface area contributed by atoms with Crippen molar-refractivity contribution in [2.75, 3.05) is 36.4 Å². The monoisotopic (exact) mass is 487 g/mol. The molecule has 1 unspecified atom stereocenters. The number of anilines is 2. The molecule has 9 nitrogen and oxygen atoms in total. The fourth-order valence-electron chi connectivity index (χ4n) is 5.59. The molecule has 194 valence electrons. The zero-order valence-electron chi connectivity index (χ0n) is 21.9. The van der Waals surface area contributed by atoms with Crippen molar-refractivity contribution in [2.45, 2.75) is 91.2 Å². The van der Waals surface area contributed by atoms with E-state index in [0.717, 1.165) is 74.6 Å². The molecular formula is C26H41N5O4. The lowest BCUT2D eigenvalue weighted by atomic mass is 9.79. The highest BCUT2D eigenvalue weighted by Gasteiger charge is 2.51. The molecule has 1 amide bonds. The van der Waals surface area contributed by atoms with E-state index in [4.69, 9.17) is 14.7 Å². The normalized spacial score (nSPS) is 19.9. The van der Waals surface area contributed by atoms with E-state index in [1.165, 1.54) is 0 Å². The van der Waals surface area contributed by atoms with Gasteiger partial charge in [0, 0.05) is 43.2 Å². The fourth-order valence-corrected chi connectivity index (χ4v) is 5.59. The number of carbonyl (C=O) groups excluding carboxylic acids is 1. The Kier molecular flexibility index (Phi) is 7.16. The molecule has 9 heteroatoms. The number of nitrogens with one attached hydrogen (secondary N) is 1. The zero-order chi connectivity index (χ0) is 25.4. The molecule has 3 heterocycles. The van der Waals surface area contributed by atoms with E-state index < -0.39 is 11.6 Å². The summed E-state index contributed by atoms with van der Waals surface area (Å²) in [7, 11) is 0. The summed E-state index contributed by atoms with van der Waals surface area (Å²) in [5, 5.41) is 12.9. The number of carboxylic acids is 1. The predicted molar refractivity (Wildman–Crippen MR) is 135 cm³/mol. The highest BCUT2D eigenvalue weighted by molar-refractivity contribution is 5.70. The van der Waals surface area contributed by atoms with E-state index in [2.05, 4.69) is 24.1 Å².